The number of carbonyl (C=O) groups excluding carboxylic acids is 3. The van der Waals surface area contributed by atoms with Gasteiger partial charge in [0, 0.05) is 12.0 Å². The lowest BCUT2D eigenvalue weighted by atomic mass is 9.62. The summed E-state index contributed by atoms with van der Waals surface area (Å²) in [6, 6.07) is 0. The lowest BCUT2D eigenvalue weighted by Gasteiger charge is -2.44. The van der Waals surface area contributed by atoms with Crippen LogP contribution in [0.15, 0.2) is 100 Å². The van der Waals surface area contributed by atoms with Crippen molar-refractivity contribution in [2.75, 3.05) is 13.7 Å². The number of rotatable bonds is 15. The SMILES string of the molecule is CCCCCC(=O)OCC(C=C=C1C(C)(C)CC(C(=O)OC)CC1(C)O)=CC=CC(C)=CC=CC=C(C)C=CC=C(C)C(C)=O. The highest BCUT2D eigenvalue weighted by molar-refractivity contribution is 5.92. The van der Waals surface area contributed by atoms with Crippen molar-refractivity contribution < 1.29 is 29.0 Å². The van der Waals surface area contributed by atoms with Gasteiger partial charge in [-0.2, -0.15) is 0 Å². The number of Topliss-reactive ketones (excluding diaryl/α,β-unsaturated/α-hetero) is 1. The average Bonchev–Trinajstić information content (AvgIpc) is 2.96. The van der Waals surface area contributed by atoms with E-state index in [-0.39, 0.29) is 30.7 Å². The van der Waals surface area contributed by atoms with E-state index in [1.165, 1.54) is 7.11 Å². The summed E-state index contributed by atoms with van der Waals surface area (Å²) in [6.07, 6.45) is 25.0. The first-order chi connectivity index (χ1) is 21.1. The molecule has 0 saturated heterocycles. The Labute approximate surface area is 271 Å². The Morgan fingerprint density at radius 1 is 0.889 bits per heavy atom. The number of carbonyl (C=O) groups is 3. The molecule has 0 aromatic carbocycles. The smallest absolute Gasteiger partial charge is 0.308 e. The van der Waals surface area contributed by atoms with E-state index in [2.05, 4.69) is 12.7 Å². The van der Waals surface area contributed by atoms with Crippen LogP contribution in [0.1, 0.15) is 93.9 Å². The van der Waals surface area contributed by atoms with Crippen molar-refractivity contribution in [3.63, 3.8) is 0 Å². The lowest BCUT2D eigenvalue weighted by molar-refractivity contribution is -0.150. The lowest BCUT2D eigenvalue weighted by Crippen LogP contribution is -2.45. The molecule has 0 radical (unpaired) electrons. The molecule has 0 amide bonds. The third kappa shape index (κ3) is 15.2. The van der Waals surface area contributed by atoms with Crippen LogP contribution in [0.5, 0.6) is 0 Å². The molecule has 6 heteroatoms. The molecular formula is C39H54O6. The van der Waals surface area contributed by atoms with Gasteiger partial charge < -0.3 is 14.6 Å². The topological polar surface area (TPSA) is 89.9 Å². The van der Waals surface area contributed by atoms with Gasteiger partial charge in [-0.1, -0.05) is 106 Å². The van der Waals surface area contributed by atoms with Gasteiger partial charge >= 0.3 is 11.9 Å². The summed E-state index contributed by atoms with van der Waals surface area (Å²) in [7, 11) is 1.37. The quantitative estimate of drug-likeness (QED) is 0.0650. The summed E-state index contributed by atoms with van der Waals surface area (Å²) < 4.78 is 10.5. The first-order valence-corrected chi connectivity index (χ1v) is 15.8. The molecule has 45 heavy (non-hydrogen) atoms. The zero-order valence-electron chi connectivity index (χ0n) is 28.9. The molecule has 0 aromatic rings. The normalized spacial score (nSPS) is 21.4. The minimum absolute atomic E-state index is 0.0600. The summed E-state index contributed by atoms with van der Waals surface area (Å²) in [5.74, 6) is -0.895. The van der Waals surface area contributed by atoms with E-state index in [1.54, 1.807) is 32.9 Å². The number of hydrogen-bond donors (Lipinski definition) is 1. The summed E-state index contributed by atoms with van der Waals surface area (Å²) >= 11 is 0. The van der Waals surface area contributed by atoms with E-state index < -0.39 is 16.9 Å². The fraction of sp³-hybridized carbons (Fsp3) is 0.487. The standard InChI is InChI=1S/C39H54O6/c1-10-11-12-23-36(41)45-28-33(24-25-35-38(6,7)26-34(37(42)44-9)27-39(35,8)43)22-16-20-30(3)18-14-13-17-29(2)19-15-21-31(4)32(5)40/h13-22,24,34,43H,10-12,23,26-28H2,1-9H3. The van der Waals surface area contributed by atoms with E-state index in [0.717, 1.165) is 36.0 Å². The highest BCUT2D eigenvalue weighted by Gasteiger charge is 2.47. The number of methoxy groups -OCH3 is 1. The molecule has 1 aliphatic carbocycles. The minimum Gasteiger partial charge on any atom is -0.469 e. The average molecular weight is 619 g/mol. The molecule has 1 rings (SSSR count). The Kier molecular flexibility index (Phi) is 17.1. The van der Waals surface area contributed by atoms with Crippen molar-refractivity contribution in [2.24, 2.45) is 11.3 Å². The second-order valence-electron chi connectivity index (χ2n) is 12.6. The Morgan fingerprint density at radius 3 is 2.02 bits per heavy atom. The Balaban J connectivity index is 3.19. The van der Waals surface area contributed by atoms with Gasteiger partial charge in [0.15, 0.2) is 5.78 Å². The van der Waals surface area contributed by atoms with Crippen LogP contribution in [-0.2, 0) is 23.9 Å². The van der Waals surface area contributed by atoms with Gasteiger partial charge in [0.1, 0.15) is 6.61 Å². The van der Waals surface area contributed by atoms with Crippen LogP contribution >= 0.6 is 0 Å². The molecule has 0 aliphatic heterocycles. The maximum absolute atomic E-state index is 12.3. The van der Waals surface area contributed by atoms with Gasteiger partial charge in [-0.25, -0.2) is 0 Å². The van der Waals surface area contributed by atoms with Crippen molar-refractivity contribution in [2.45, 2.75) is 99.5 Å². The molecule has 0 aromatic heterocycles. The first kappa shape index (κ1) is 39.3. The van der Waals surface area contributed by atoms with Gasteiger partial charge in [-0.15, -0.1) is 5.73 Å². The molecule has 2 unspecified atom stereocenters. The van der Waals surface area contributed by atoms with Gasteiger partial charge in [0.05, 0.1) is 18.6 Å². The third-order valence-corrected chi connectivity index (χ3v) is 7.70. The second-order valence-corrected chi connectivity index (χ2v) is 12.6. The maximum Gasteiger partial charge on any atom is 0.308 e. The molecule has 0 heterocycles. The monoisotopic (exact) mass is 618 g/mol. The van der Waals surface area contributed by atoms with E-state index >= 15 is 0 Å². The number of esters is 2. The summed E-state index contributed by atoms with van der Waals surface area (Å²) in [6.45, 7) is 15.2. The largest absolute Gasteiger partial charge is 0.469 e. The minimum atomic E-state index is -1.24. The number of hydrogen-bond acceptors (Lipinski definition) is 6. The van der Waals surface area contributed by atoms with E-state index in [0.29, 0.717) is 24.0 Å². The van der Waals surface area contributed by atoms with Crippen LogP contribution in [0.25, 0.3) is 0 Å². The summed E-state index contributed by atoms with van der Waals surface area (Å²) in [5.41, 5.74) is 5.79. The maximum atomic E-state index is 12.3. The molecule has 1 fully saturated rings. The van der Waals surface area contributed by atoms with Crippen molar-refractivity contribution >= 4 is 17.7 Å². The molecule has 1 aliphatic rings. The molecule has 1 saturated carbocycles. The van der Waals surface area contributed by atoms with Gasteiger partial charge in [-0.3, -0.25) is 14.4 Å². The second kappa shape index (κ2) is 19.6. The van der Waals surface area contributed by atoms with E-state index in [4.69, 9.17) is 9.47 Å². The molecule has 246 valence electrons. The molecule has 0 spiro atoms. The van der Waals surface area contributed by atoms with Crippen LogP contribution in [0, 0.1) is 11.3 Å². The van der Waals surface area contributed by atoms with Crippen molar-refractivity contribution in [1.82, 2.24) is 0 Å². The van der Waals surface area contributed by atoms with Crippen LogP contribution in [0.3, 0.4) is 0 Å². The molecule has 2 atom stereocenters. The van der Waals surface area contributed by atoms with Crippen molar-refractivity contribution in [3.8, 4) is 0 Å². The van der Waals surface area contributed by atoms with E-state index in [9.17, 15) is 19.5 Å². The predicted molar refractivity (Wildman–Crippen MR) is 183 cm³/mol. The van der Waals surface area contributed by atoms with Crippen molar-refractivity contribution in [1.29, 1.82) is 0 Å². The highest BCUT2D eigenvalue weighted by atomic mass is 16.5. The number of allylic oxidation sites excluding steroid dienone is 13. The number of aliphatic hydroxyl groups is 1. The van der Waals surface area contributed by atoms with Crippen LogP contribution in [0.2, 0.25) is 0 Å². The van der Waals surface area contributed by atoms with E-state index in [1.807, 2.05) is 82.4 Å². The predicted octanol–water partition coefficient (Wildman–Crippen LogP) is 8.57. The van der Waals surface area contributed by atoms with Gasteiger partial charge in [0.25, 0.3) is 0 Å². The number of ether oxygens (including phenoxy) is 2. The molecule has 6 nitrogen and oxygen atoms in total. The Hall–Kier alpha value is -3.73. The fourth-order valence-electron chi connectivity index (χ4n) is 5.15. The van der Waals surface area contributed by atoms with Crippen LogP contribution < -0.4 is 0 Å². The molecule has 0 bridgehead atoms. The molecule has 1 N–H and O–H groups in total. The zero-order valence-corrected chi connectivity index (χ0v) is 28.9. The zero-order chi connectivity index (χ0) is 34.0. The molecular weight excluding hydrogens is 564 g/mol. The Morgan fingerprint density at radius 2 is 1.49 bits per heavy atom. The Bertz CT molecular complexity index is 1300. The van der Waals surface area contributed by atoms with Crippen molar-refractivity contribution in [3.05, 3.63) is 100 Å². The number of ketones is 1. The van der Waals surface area contributed by atoms with Crippen LogP contribution in [-0.4, -0.2) is 42.1 Å². The van der Waals surface area contributed by atoms with Gasteiger partial charge in [0.2, 0.25) is 0 Å². The highest BCUT2D eigenvalue weighted by Crippen LogP contribution is 2.48. The van der Waals surface area contributed by atoms with Crippen LogP contribution in [0.4, 0.5) is 0 Å². The number of unbranched alkanes of at least 4 members (excludes halogenated alkanes) is 2. The summed E-state index contributed by atoms with van der Waals surface area (Å²) in [4.78, 5) is 35.9. The van der Waals surface area contributed by atoms with Gasteiger partial charge in [-0.05, 0) is 76.5 Å². The fourth-order valence-corrected chi connectivity index (χ4v) is 5.15. The summed E-state index contributed by atoms with van der Waals surface area (Å²) in [5, 5.41) is 11.3. The third-order valence-electron chi connectivity index (χ3n) is 7.70. The first-order valence-electron chi connectivity index (χ1n) is 15.8.